The zero-order chi connectivity index (χ0) is 10.7. The largest absolute Gasteiger partial charge is 0.361 e. The Morgan fingerprint density at radius 3 is 3.07 bits per heavy atom. The van der Waals surface area contributed by atoms with E-state index in [9.17, 15) is 4.79 Å². The van der Waals surface area contributed by atoms with Crippen LogP contribution in [0.15, 0.2) is 30.5 Å². The van der Waals surface area contributed by atoms with E-state index in [-0.39, 0.29) is 5.91 Å². The topological polar surface area (TPSA) is 44.9 Å². The van der Waals surface area contributed by atoms with E-state index in [1.165, 1.54) is 0 Å². The van der Waals surface area contributed by atoms with Crippen LogP contribution in [0.1, 0.15) is 6.42 Å². The van der Waals surface area contributed by atoms with Crippen LogP contribution in [0.5, 0.6) is 0 Å². The number of fused-ring (bicyclic) bond motifs is 1. The summed E-state index contributed by atoms with van der Waals surface area (Å²) in [5.41, 5.74) is 1.86. The van der Waals surface area contributed by atoms with Crippen molar-refractivity contribution in [2.24, 2.45) is 0 Å². The standard InChI is InChI=1S/C11H11ClN2O/c12-5-3-11(15)14-9-1-2-10-8(7-9)4-6-13-10/h1-2,4,6-7,13H,3,5H2,(H,14,15). The lowest BCUT2D eigenvalue weighted by Gasteiger charge is -2.03. The van der Waals surface area contributed by atoms with Crippen LogP contribution in [0.4, 0.5) is 5.69 Å². The van der Waals surface area contributed by atoms with E-state index in [0.717, 1.165) is 16.6 Å². The highest BCUT2D eigenvalue weighted by atomic mass is 35.5. The fourth-order valence-corrected chi connectivity index (χ4v) is 1.61. The second kappa shape index (κ2) is 4.36. The average Bonchev–Trinajstić information content (AvgIpc) is 2.65. The van der Waals surface area contributed by atoms with Crippen LogP contribution < -0.4 is 5.32 Å². The molecule has 4 heteroatoms. The first kappa shape index (κ1) is 10.1. The number of alkyl halides is 1. The third-order valence-corrected chi connectivity index (χ3v) is 2.35. The lowest BCUT2D eigenvalue weighted by Crippen LogP contribution is -2.11. The van der Waals surface area contributed by atoms with Gasteiger partial charge in [0.1, 0.15) is 0 Å². The first-order chi connectivity index (χ1) is 7.29. The van der Waals surface area contributed by atoms with Gasteiger partial charge >= 0.3 is 0 Å². The predicted molar refractivity (Wildman–Crippen MR) is 62.3 cm³/mol. The fraction of sp³-hybridized carbons (Fsp3) is 0.182. The average molecular weight is 223 g/mol. The number of aromatic amines is 1. The Morgan fingerprint density at radius 1 is 1.40 bits per heavy atom. The Hall–Kier alpha value is -1.48. The second-order valence-electron chi connectivity index (χ2n) is 3.27. The minimum Gasteiger partial charge on any atom is -0.361 e. The highest BCUT2D eigenvalue weighted by molar-refractivity contribution is 6.19. The number of hydrogen-bond acceptors (Lipinski definition) is 1. The molecule has 2 rings (SSSR count). The summed E-state index contributed by atoms with van der Waals surface area (Å²) in [5.74, 6) is 0.290. The number of nitrogens with one attached hydrogen (secondary N) is 2. The maximum absolute atomic E-state index is 11.3. The van der Waals surface area contributed by atoms with Crippen molar-refractivity contribution in [2.75, 3.05) is 11.2 Å². The number of H-pyrrole nitrogens is 1. The number of carbonyl (C=O) groups is 1. The van der Waals surface area contributed by atoms with Crippen LogP contribution in [0.25, 0.3) is 10.9 Å². The van der Waals surface area contributed by atoms with Gasteiger partial charge in [0.15, 0.2) is 0 Å². The summed E-state index contributed by atoms with van der Waals surface area (Å²) >= 11 is 5.47. The molecule has 3 nitrogen and oxygen atoms in total. The first-order valence-corrected chi connectivity index (χ1v) is 5.26. The molecule has 1 heterocycles. The molecule has 0 aliphatic heterocycles. The van der Waals surface area contributed by atoms with Crippen LogP contribution in [0.2, 0.25) is 0 Å². The van der Waals surface area contributed by atoms with Crippen molar-refractivity contribution in [3.05, 3.63) is 30.5 Å². The molecular formula is C11H11ClN2O. The van der Waals surface area contributed by atoms with E-state index in [2.05, 4.69) is 10.3 Å². The number of halogens is 1. The Bertz CT molecular complexity index is 478. The molecule has 0 fully saturated rings. The molecule has 0 radical (unpaired) electrons. The molecule has 0 unspecified atom stereocenters. The Labute approximate surface area is 92.4 Å². The van der Waals surface area contributed by atoms with E-state index in [1.54, 1.807) is 0 Å². The summed E-state index contributed by atoms with van der Waals surface area (Å²) in [7, 11) is 0. The van der Waals surface area contributed by atoms with E-state index in [4.69, 9.17) is 11.6 Å². The third-order valence-electron chi connectivity index (χ3n) is 2.16. The van der Waals surface area contributed by atoms with Crippen molar-refractivity contribution < 1.29 is 4.79 Å². The molecular weight excluding hydrogens is 212 g/mol. The van der Waals surface area contributed by atoms with Crippen molar-refractivity contribution in [1.82, 2.24) is 4.98 Å². The predicted octanol–water partition coefficient (Wildman–Crippen LogP) is 2.74. The van der Waals surface area contributed by atoms with Crippen LogP contribution in [-0.2, 0) is 4.79 Å². The molecule has 78 valence electrons. The van der Waals surface area contributed by atoms with E-state index in [1.807, 2.05) is 30.5 Å². The molecule has 0 saturated carbocycles. The molecule has 0 saturated heterocycles. The van der Waals surface area contributed by atoms with Gasteiger partial charge in [0.2, 0.25) is 5.91 Å². The highest BCUT2D eigenvalue weighted by Crippen LogP contribution is 2.17. The van der Waals surface area contributed by atoms with Crippen molar-refractivity contribution in [3.63, 3.8) is 0 Å². The number of hydrogen-bond donors (Lipinski definition) is 2. The van der Waals surface area contributed by atoms with Gasteiger partial charge in [0.25, 0.3) is 0 Å². The fourth-order valence-electron chi connectivity index (χ4n) is 1.44. The van der Waals surface area contributed by atoms with E-state index < -0.39 is 0 Å². The summed E-state index contributed by atoms with van der Waals surface area (Å²) in [4.78, 5) is 14.4. The van der Waals surface area contributed by atoms with E-state index >= 15 is 0 Å². The van der Waals surface area contributed by atoms with Crippen LogP contribution >= 0.6 is 11.6 Å². The number of benzene rings is 1. The van der Waals surface area contributed by atoms with Crippen molar-refractivity contribution >= 4 is 34.1 Å². The summed E-state index contributed by atoms with van der Waals surface area (Å²) in [6, 6.07) is 7.70. The number of amides is 1. The SMILES string of the molecule is O=C(CCCl)Nc1ccc2[nH]ccc2c1. The molecule has 15 heavy (non-hydrogen) atoms. The van der Waals surface area contributed by atoms with Gasteiger partial charge < -0.3 is 10.3 Å². The number of anilines is 1. The Morgan fingerprint density at radius 2 is 2.27 bits per heavy atom. The molecule has 2 N–H and O–H groups in total. The van der Waals surface area contributed by atoms with Gasteiger partial charge in [-0.1, -0.05) is 0 Å². The molecule has 0 atom stereocenters. The number of rotatable bonds is 3. The highest BCUT2D eigenvalue weighted by Gasteiger charge is 2.02. The molecule has 1 aromatic carbocycles. The molecule has 1 aromatic heterocycles. The number of aromatic nitrogens is 1. The first-order valence-electron chi connectivity index (χ1n) is 4.72. The quantitative estimate of drug-likeness (QED) is 0.771. The maximum Gasteiger partial charge on any atom is 0.225 e. The van der Waals surface area contributed by atoms with Crippen LogP contribution in [0, 0.1) is 0 Å². The Balaban J connectivity index is 2.17. The van der Waals surface area contributed by atoms with Gasteiger partial charge in [-0.05, 0) is 24.3 Å². The van der Waals surface area contributed by atoms with Crippen molar-refractivity contribution in [3.8, 4) is 0 Å². The van der Waals surface area contributed by atoms with Gasteiger partial charge in [-0.2, -0.15) is 0 Å². The summed E-state index contributed by atoms with van der Waals surface area (Å²) < 4.78 is 0. The summed E-state index contributed by atoms with van der Waals surface area (Å²) in [6.45, 7) is 0. The van der Waals surface area contributed by atoms with Crippen molar-refractivity contribution in [2.45, 2.75) is 6.42 Å². The monoisotopic (exact) mass is 222 g/mol. The second-order valence-corrected chi connectivity index (χ2v) is 3.64. The smallest absolute Gasteiger partial charge is 0.225 e. The van der Waals surface area contributed by atoms with Crippen LogP contribution in [-0.4, -0.2) is 16.8 Å². The van der Waals surface area contributed by atoms with Crippen LogP contribution in [0.3, 0.4) is 0 Å². The minimum atomic E-state index is -0.0557. The van der Waals surface area contributed by atoms with Gasteiger partial charge in [-0.3, -0.25) is 4.79 Å². The molecule has 0 spiro atoms. The molecule has 0 bridgehead atoms. The number of carbonyl (C=O) groups excluding carboxylic acids is 1. The van der Waals surface area contributed by atoms with Gasteiger partial charge in [-0.25, -0.2) is 0 Å². The zero-order valence-corrected chi connectivity index (χ0v) is 8.84. The zero-order valence-electron chi connectivity index (χ0n) is 8.09. The van der Waals surface area contributed by atoms with Gasteiger partial charge in [-0.15, -0.1) is 11.6 Å². The molecule has 0 aliphatic carbocycles. The summed E-state index contributed by atoms with van der Waals surface area (Å²) in [6.07, 6.45) is 2.21. The molecule has 1 amide bonds. The lowest BCUT2D eigenvalue weighted by molar-refractivity contribution is -0.115. The minimum absolute atomic E-state index is 0.0557. The maximum atomic E-state index is 11.3. The molecule has 0 aliphatic rings. The lowest BCUT2D eigenvalue weighted by atomic mass is 10.2. The van der Waals surface area contributed by atoms with Crippen molar-refractivity contribution in [1.29, 1.82) is 0 Å². The van der Waals surface area contributed by atoms with Gasteiger partial charge in [0.05, 0.1) is 0 Å². The van der Waals surface area contributed by atoms with Gasteiger partial charge in [0, 0.05) is 35.1 Å². The Kier molecular flexibility index (Phi) is 2.92. The van der Waals surface area contributed by atoms with E-state index in [0.29, 0.717) is 12.3 Å². The third kappa shape index (κ3) is 2.30. The normalized spacial score (nSPS) is 10.5. The summed E-state index contributed by atoms with van der Waals surface area (Å²) in [5, 5.41) is 3.87. The molecule has 2 aromatic rings.